The first-order valence-corrected chi connectivity index (χ1v) is 8.15. The highest BCUT2D eigenvalue weighted by Gasteiger charge is 2.18. The molecule has 94 valence electrons. The lowest BCUT2D eigenvalue weighted by Gasteiger charge is -2.09. The summed E-state index contributed by atoms with van der Waals surface area (Å²) in [6, 6.07) is -1.03. The molecule has 0 aromatic carbocycles. The van der Waals surface area contributed by atoms with Crippen molar-refractivity contribution in [1.82, 2.24) is 0 Å². The van der Waals surface area contributed by atoms with Crippen LogP contribution in [0.25, 0.3) is 0 Å². The molecule has 0 aliphatic rings. The van der Waals surface area contributed by atoms with Crippen LogP contribution in [-0.4, -0.2) is 31.3 Å². The molecule has 0 rings (SSSR count). The van der Waals surface area contributed by atoms with Gasteiger partial charge in [0.2, 0.25) is 16.1 Å². The van der Waals surface area contributed by atoms with Crippen molar-refractivity contribution in [2.75, 3.05) is 13.3 Å². The zero-order valence-electron chi connectivity index (χ0n) is 9.02. The van der Waals surface area contributed by atoms with Crippen molar-refractivity contribution >= 4 is 28.0 Å². The fourth-order valence-corrected chi connectivity index (χ4v) is 1.68. The lowest BCUT2D eigenvalue weighted by atomic mass is 10.2. The predicted molar refractivity (Wildman–Crippen MR) is 59.2 cm³/mol. The molecular formula is C7H15NO6P2. The van der Waals surface area contributed by atoms with E-state index in [4.69, 9.17) is 5.73 Å². The molecule has 0 fully saturated rings. The van der Waals surface area contributed by atoms with Gasteiger partial charge in [0, 0.05) is 19.8 Å². The largest absolute Gasteiger partial charge is 0.414 e. The number of nitrogens with two attached hydrogens (primary N) is 1. The van der Waals surface area contributed by atoms with Crippen molar-refractivity contribution in [3.05, 3.63) is 0 Å². The second-order valence-electron chi connectivity index (χ2n) is 3.02. The van der Waals surface area contributed by atoms with E-state index < -0.39 is 34.0 Å². The van der Waals surface area contributed by atoms with Crippen molar-refractivity contribution in [2.45, 2.75) is 18.9 Å². The molecule has 0 saturated carbocycles. The van der Waals surface area contributed by atoms with Crippen LogP contribution in [0.4, 0.5) is 0 Å². The van der Waals surface area contributed by atoms with Crippen molar-refractivity contribution in [1.29, 1.82) is 0 Å². The zero-order valence-corrected chi connectivity index (χ0v) is 11.0. The van der Waals surface area contributed by atoms with Crippen LogP contribution in [0.1, 0.15) is 12.8 Å². The molecule has 0 amide bonds. The molecule has 0 spiro atoms. The third kappa shape index (κ3) is 7.63. The van der Waals surface area contributed by atoms with Crippen LogP contribution < -0.4 is 5.73 Å². The average Bonchev–Trinajstić information content (AvgIpc) is 2.11. The Morgan fingerprint density at radius 1 is 1.19 bits per heavy atom. The lowest BCUT2D eigenvalue weighted by Crippen LogP contribution is -2.31. The van der Waals surface area contributed by atoms with Gasteiger partial charge in [0.05, 0.1) is 0 Å². The van der Waals surface area contributed by atoms with Crippen LogP contribution in [0.5, 0.6) is 0 Å². The van der Waals surface area contributed by atoms with Gasteiger partial charge in [-0.1, -0.05) is 0 Å². The van der Waals surface area contributed by atoms with Gasteiger partial charge >= 0.3 is 11.9 Å². The molecule has 0 aromatic rings. The number of hydrogen-bond donors (Lipinski definition) is 1. The van der Waals surface area contributed by atoms with Crippen LogP contribution in [0.2, 0.25) is 0 Å². The Kier molecular flexibility index (Phi) is 7.30. The van der Waals surface area contributed by atoms with Gasteiger partial charge in [0.15, 0.2) is 0 Å². The topological polar surface area (TPSA) is 113 Å². The molecule has 3 atom stereocenters. The van der Waals surface area contributed by atoms with E-state index in [1.54, 1.807) is 0 Å². The summed E-state index contributed by atoms with van der Waals surface area (Å²) in [5.41, 5.74) is 5.37. The van der Waals surface area contributed by atoms with Crippen molar-refractivity contribution < 1.29 is 27.8 Å². The Bertz CT molecular complexity index is 318. The van der Waals surface area contributed by atoms with E-state index in [-0.39, 0.29) is 12.8 Å². The van der Waals surface area contributed by atoms with Gasteiger partial charge in [-0.15, -0.1) is 0 Å². The maximum absolute atomic E-state index is 11.1. The lowest BCUT2D eigenvalue weighted by molar-refractivity contribution is -0.136. The molecule has 0 radical (unpaired) electrons. The van der Waals surface area contributed by atoms with E-state index >= 15 is 0 Å². The highest BCUT2D eigenvalue weighted by atomic mass is 31.1. The van der Waals surface area contributed by atoms with E-state index in [0.29, 0.717) is 0 Å². The van der Waals surface area contributed by atoms with E-state index in [1.165, 1.54) is 13.3 Å². The number of rotatable bonds is 6. The molecular weight excluding hydrogens is 256 g/mol. The minimum Gasteiger partial charge on any atom is -0.414 e. The fraction of sp³-hybridized carbons (Fsp3) is 0.714. The number of carbonyl (C=O) groups excluding carboxylic acids is 2. The van der Waals surface area contributed by atoms with Gasteiger partial charge in [-0.25, -0.2) is 0 Å². The van der Waals surface area contributed by atoms with Crippen LogP contribution >= 0.6 is 16.1 Å². The third-order valence-electron chi connectivity index (χ3n) is 1.46. The molecule has 0 aliphatic heterocycles. The fourth-order valence-electron chi connectivity index (χ4n) is 0.820. The van der Waals surface area contributed by atoms with Gasteiger partial charge < -0.3 is 14.8 Å². The summed E-state index contributed by atoms with van der Waals surface area (Å²) in [7, 11) is -4.70. The summed E-state index contributed by atoms with van der Waals surface area (Å²) in [6.45, 7) is 2.53. The van der Waals surface area contributed by atoms with Crippen LogP contribution in [0, 0.1) is 0 Å². The number of carbonyl (C=O) groups is 2. The second kappa shape index (κ2) is 7.60. The summed E-state index contributed by atoms with van der Waals surface area (Å²) >= 11 is 0. The van der Waals surface area contributed by atoms with Crippen molar-refractivity contribution in [3.8, 4) is 0 Å². The van der Waals surface area contributed by atoms with Crippen molar-refractivity contribution in [3.63, 3.8) is 0 Å². The highest BCUT2D eigenvalue weighted by molar-refractivity contribution is 7.39. The number of hydrogen-bond acceptors (Lipinski definition) is 7. The maximum atomic E-state index is 11.1. The van der Waals surface area contributed by atoms with E-state index in [2.05, 4.69) is 9.05 Å². The van der Waals surface area contributed by atoms with Crippen LogP contribution in [0.15, 0.2) is 0 Å². The van der Waals surface area contributed by atoms with Gasteiger partial charge in [-0.05, 0) is 6.42 Å². The maximum Gasteiger partial charge on any atom is 0.327 e. The molecule has 0 saturated heterocycles. The monoisotopic (exact) mass is 271 g/mol. The molecule has 2 unspecified atom stereocenters. The Morgan fingerprint density at radius 3 is 2.12 bits per heavy atom. The zero-order chi connectivity index (χ0) is 12.7. The smallest absolute Gasteiger partial charge is 0.327 e. The average molecular weight is 271 g/mol. The molecule has 7 nitrogen and oxygen atoms in total. The molecule has 16 heavy (non-hydrogen) atoms. The van der Waals surface area contributed by atoms with Gasteiger partial charge in [-0.2, -0.15) is 0 Å². The summed E-state index contributed by atoms with van der Waals surface area (Å²) in [5.74, 6) is -1.50. The normalized spacial score (nSPS) is 15.9. The molecule has 0 aliphatic carbocycles. The van der Waals surface area contributed by atoms with Crippen LogP contribution in [0.3, 0.4) is 0 Å². The van der Waals surface area contributed by atoms with Crippen molar-refractivity contribution in [2.24, 2.45) is 5.73 Å². The Labute approximate surface area is 94.4 Å². The van der Waals surface area contributed by atoms with Gasteiger partial charge in [-0.3, -0.25) is 18.7 Å². The van der Waals surface area contributed by atoms with Gasteiger partial charge in [0.25, 0.3) is 0 Å². The SMILES string of the molecule is C[PH](=O)OC(=O)CC[C@H](N)C(=O)O[PH](C)=O. The molecule has 0 aromatic heterocycles. The van der Waals surface area contributed by atoms with E-state index in [1.807, 2.05) is 0 Å². The Hall–Kier alpha value is -0.640. The standard InChI is InChI=1S/C7H15NO6P2/c1-15(11)13-6(9)4-3-5(8)7(10)14-16(2)12/h5,15-16H,3-4,8H2,1-2H3/t5-/m0/s1. The molecule has 0 heterocycles. The second-order valence-corrected chi connectivity index (χ2v) is 5.40. The quantitative estimate of drug-likeness (QED) is 0.695. The first-order valence-electron chi connectivity index (χ1n) is 4.52. The first kappa shape index (κ1) is 15.4. The third-order valence-corrected chi connectivity index (χ3v) is 2.47. The van der Waals surface area contributed by atoms with E-state index in [9.17, 15) is 18.7 Å². The summed E-state index contributed by atoms with van der Waals surface area (Å²) in [5, 5.41) is 0. The minimum atomic E-state index is -2.38. The predicted octanol–water partition coefficient (Wildman–Crippen LogP) is 0.389. The Morgan fingerprint density at radius 2 is 1.69 bits per heavy atom. The summed E-state index contributed by atoms with van der Waals surface area (Å²) in [4.78, 5) is 22.0. The van der Waals surface area contributed by atoms with Gasteiger partial charge in [0.1, 0.15) is 6.04 Å². The highest BCUT2D eigenvalue weighted by Crippen LogP contribution is 2.19. The summed E-state index contributed by atoms with van der Waals surface area (Å²) < 4.78 is 30.0. The minimum absolute atomic E-state index is 0.00194. The van der Waals surface area contributed by atoms with Crippen LogP contribution in [-0.2, 0) is 27.8 Å². The molecule has 2 N–H and O–H groups in total. The summed E-state index contributed by atoms with van der Waals surface area (Å²) in [6.07, 6.45) is -0.132. The molecule has 0 bridgehead atoms. The first-order chi connectivity index (χ1) is 7.32. The molecule has 9 heteroatoms. The van der Waals surface area contributed by atoms with E-state index in [0.717, 1.165) is 0 Å². The Balaban J connectivity index is 3.92.